The van der Waals surface area contributed by atoms with Crippen molar-refractivity contribution in [2.75, 3.05) is 0 Å². The fraction of sp³-hybridized carbons (Fsp3) is 0.286. The number of nitrogens with zero attached hydrogens (tertiary/aromatic N) is 4. The Morgan fingerprint density at radius 1 is 1.57 bits per heavy atom. The molecule has 0 aliphatic heterocycles. The average molecular weight is 258 g/mol. The number of halogens is 1. The number of rotatable bonds is 2. The fourth-order valence-corrected chi connectivity index (χ4v) is 1.78. The highest BCUT2D eigenvalue weighted by Crippen LogP contribution is 2.25. The number of aromatic nitrogens is 5. The van der Waals surface area contributed by atoms with Gasteiger partial charge < -0.3 is 5.11 Å². The van der Waals surface area contributed by atoms with E-state index in [1.165, 1.54) is 6.20 Å². The van der Waals surface area contributed by atoms with Gasteiger partial charge in [0.15, 0.2) is 0 Å². The number of hydrogen-bond donors (Lipinski definition) is 2. The summed E-state index contributed by atoms with van der Waals surface area (Å²) in [5, 5.41) is 23.8. The molecule has 1 unspecified atom stereocenters. The molecule has 2 aromatic rings. The van der Waals surface area contributed by atoms with Gasteiger partial charge in [-0.1, -0.05) is 0 Å². The molecule has 0 aliphatic carbocycles. The Bertz CT molecular complexity index is 404. The monoisotopic (exact) mass is 257 g/mol. The van der Waals surface area contributed by atoms with Gasteiger partial charge >= 0.3 is 0 Å². The minimum Gasteiger partial charge on any atom is -0.380 e. The molecule has 2 heterocycles. The molecule has 0 bridgehead atoms. The van der Waals surface area contributed by atoms with Crippen molar-refractivity contribution in [1.29, 1.82) is 0 Å². The number of nitrogens with one attached hydrogen (secondary N) is 1. The summed E-state index contributed by atoms with van der Waals surface area (Å²) in [4.78, 5) is 0. The molecule has 1 atom stereocenters. The van der Waals surface area contributed by atoms with E-state index in [4.69, 9.17) is 0 Å². The predicted octanol–water partition coefficient (Wildman–Crippen LogP) is 0.382. The Kier molecular flexibility index (Phi) is 2.34. The summed E-state index contributed by atoms with van der Waals surface area (Å²) >= 11 is 3.30. The second-order valence-corrected chi connectivity index (χ2v) is 3.65. The smallest absolute Gasteiger partial charge is 0.142 e. The van der Waals surface area contributed by atoms with Gasteiger partial charge in [-0.25, -0.2) is 0 Å². The lowest BCUT2D eigenvalue weighted by Crippen LogP contribution is -2.07. The maximum absolute atomic E-state index is 9.92. The largest absolute Gasteiger partial charge is 0.380 e. The lowest BCUT2D eigenvalue weighted by molar-refractivity contribution is 0.204. The number of aliphatic hydroxyl groups excluding tert-OH is 1. The van der Waals surface area contributed by atoms with Crippen LogP contribution in [-0.2, 0) is 7.05 Å². The minimum absolute atomic E-state index is 0.467. The van der Waals surface area contributed by atoms with Crippen molar-refractivity contribution in [3.63, 3.8) is 0 Å². The third kappa shape index (κ3) is 1.44. The fourth-order valence-electron chi connectivity index (χ4n) is 1.21. The zero-order valence-corrected chi connectivity index (χ0v) is 8.93. The van der Waals surface area contributed by atoms with Gasteiger partial charge in [0, 0.05) is 7.05 Å². The highest BCUT2D eigenvalue weighted by Gasteiger charge is 2.19. The number of hydrogen-bond acceptors (Lipinski definition) is 4. The highest BCUT2D eigenvalue weighted by atomic mass is 79.9. The molecule has 0 saturated carbocycles. The van der Waals surface area contributed by atoms with Crippen molar-refractivity contribution >= 4 is 15.9 Å². The molecule has 2 N–H and O–H groups in total. The Balaban J connectivity index is 2.41. The first-order valence-corrected chi connectivity index (χ1v) is 4.70. The van der Waals surface area contributed by atoms with Crippen molar-refractivity contribution in [2.45, 2.75) is 6.10 Å². The van der Waals surface area contributed by atoms with E-state index in [1.807, 2.05) is 0 Å². The van der Waals surface area contributed by atoms with E-state index in [9.17, 15) is 5.11 Å². The van der Waals surface area contributed by atoms with Gasteiger partial charge in [0.2, 0.25) is 0 Å². The summed E-state index contributed by atoms with van der Waals surface area (Å²) in [5.41, 5.74) is 1.12. The van der Waals surface area contributed by atoms with Crippen molar-refractivity contribution < 1.29 is 5.11 Å². The number of H-pyrrole nitrogens is 1. The molecule has 0 spiro atoms. The summed E-state index contributed by atoms with van der Waals surface area (Å²) in [6.45, 7) is 0. The van der Waals surface area contributed by atoms with Crippen molar-refractivity contribution in [2.24, 2.45) is 7.05 Å². The topological polar surface area (TPSA) is 79.6 Å². The van der Waals surface area contributed by atoms with Gasteiger partial charge in [-0.15, -0.1) is 0 Å². The molecule has 7 heteroatoms. The van der Waals surface area contributed by atoms with Crippen LogP contribution in [0.5, 0.6) is 0 Å². The van der Waals surface area contributed by atoms with Crippen molar-refractivity contribution in [3.05, 3.63) is 28.3 Å². The zero-order chi connectivity index (χ0) is 10.1. The van der Waals surface area contributed by atoms with E-state index in [0.717, 1.165) is 4.47 Å². The van der Waals surface area contributed by atoms with E-state index in [1.54, 1.807) is 17.9 Å². The molecular formula is C7H8BrN5O. The molecule has 0 aromatic carbocycles. The van der Waals surface area contributed by atoms with Crippen LogP contribution in [0.3, 0.4) is 0 Å². The van der Waals surface area contributed by atoms with Crippen LogP contribution in [0.1, 0.15) is 17.5 Å². The third-order valence-electron chi connectivity index (χ3n) is 1.91. The van der Waals surface area contributed by atoms with Crippen LogP contribution in [0.2, 0.25) is 0 Å². The molecule has 6 nitrogen and oxygen atoms in total. The number of aryl methyl sites for hydroxylation is 1. The van der Waals surface area contributed by atoms with Crippen LogP contribution < -0.4 is 0 Å². The summed E-state index contributed by atoms with van der Waals surface area (Å²) in [6.07, 6.45) is 2.28. The SMILES string of the molecule is Cn1ncc(Br)c1C(O)c1cn[nH]n1. The molecule has 2 rings (SSSR count). The minimum atomic E-state index is -0.823. The predicted molar refractivity (Wildman–Crippen MR) is 51.4 cm³/mol. The Morgan fingerprint density at radius 2 is 2.36 bits per heavy atom. The maximum atomic E-state index is 9.92. The van der Waals surface area contributed by atoms with Crippen LogP contribution in [0.4, 0.5) is 0 Å². The first kappa shape index (κ1) is 9.35. The van der Waals surface area contributed by atoms with Crippen LogP contribution in [0.15, 0.2) is 16.9 Å². The molecule has 74 valence electrons. The Hall–Kier alpha value is -1.21. The van der Waals surface area contributed by atoms with E-state index in [-0.39, 0.29) is 0 Å². The average Bonchev–Trinajstić information content (AvgIpc) is 2.75. The normalized spacial score (nSPS) is 13.1. The Morgan fingerprint density at radius 3 is 2.86 bits per heavy atom. The van der Waals surface area contributed by atoms with Gasteiger partial charge in [-0.3, -0.25) is 4.68 Å². The zero-order valence-electron chi connectivity index (χ0n) is 7.35. The maximum Gasteiger partial charge on any atom is 0.142 e. The van der Waals surface area contributed by atoms with Crippen LogP contribution >= 0.6 is 15.9 Å². The third-order valence-corrected chi connectivity index (χ3v) is 2.52. The first-order chi connectivity index (χ1) is 6.70. The van der Waals surface area contributed by atoms with Crippen LogP contribution in [-0.4, -0.2) is 30.3 Å². The van der Waals surface area contributed by atoms with Gasteiger partial charge in [-0.2, -0.15) is 20.5 Å². The molecule has 14 heavy (non-hydrogen) atoms. The van der Waals surface area contributed by atoms with Crippen LogP contribution in [0, 0.1) is 0 Å². The molecule has 0 aliphatic rings. The summed E-state index contributed by atoms with van der Waals surface area (Å²) in [7, 11) is 1.75. The Labute approximate surface area is 88.1 Å². The molecule has 0 radical (unpaired) electrons. The summed E-state index contributed by atoms with van der Waals surface area (Å²) < 4.78 is 2.33. The van der Waals surface area contributed by atoms with Gasteiger partial charge in [0.1, 0.15) is 11.8 Å². The highest BCUT2D eigenvalue weighted by molar-refractivity contribution is 9.10. The quantitative estimate of drug-likeness (QED) is 0.816. The lowest BCUT2D eigenvalue weighted by atomic mass is 10.2. The summed E-state index contributed by atoms with van der Waals surface area (Å²) in [5.74, 6) is 0. The molecule has 0 saturated heterocycles. The van der Waals surface area contributed by atoms with Gasteiger partial charge in [0.25, 0.3) is 0 Å². The van der Waals surface area contributed by atoms with Crippen molar-refractivity contribution in [3.8, 4) is 0 Å². The van der Waals surface area contributed by atoms with E-state index < -0.39 is 6.10 Å². The standard InChI is InChI=1S/C7H8BrN5O/c1-13-6(4(8)2-10-13)7(14)5-3-9-12-11-5/h2-3,7,14H,1H3,(H,9,11,12). The summed E-state index contributed by atoms with van der Waals surface area (Å²) in [6, 6.07) is 0. The van der Waals surface area contributed by atoms with E-state index in [2.05, 4.69) is 36.4 Å². The molecular weight excluding hydrogens is 250 g/mol. The number of aliphatic hydroxyl groups is 1. The van der Waals surface area contributed by atoms with Gasteiger partial charge in [-0.05, 0) is 15.9 Å². The van der Waals surface area contributed by atoms with E-state index in [0.29, 0.717) is 11.4 Å². The lowest BCUT2D eigenvalue weighted by Gasteiger charge is -2.07. The van der Waals surface area contributed by atoms with Crippen molar-refractivity contribution in [1.82, 2.24) is 25.2 Å². The molecule has 2 aromatic heterocycles. The first-order valence-electron chi connectivity index (χ1n) is 3.91. The number of aromatic amines is 1. The van der Waals surface area contributed by atoms with E-state index >= 15 is 0 Å². The second-order valence-electron chi connectivity index (χ2n) is 2.80. The molecule has 0 amide bonds. The van der Waals surface area contributed by atoms with Crippen LogP contribution in [0.25, 0.3) is 0 Å². The van der Waals surface area contributed by atoms with Gasteiger partial charge in [0.05, 0.1) is 22.6 Å². The molecule has 0 fully saturated rings. The second kappa shape index (κ2) is 3.50.